The molecule has 0 aliphatic heterocycles. The lowest BCUT2D eigenvalue weighted by molar-refractivity contribution is -0.120. The number of amides is 1. The Morgan fingerprint density at radius 3 is 2.33 bits per heavy atom. The van der Waals surface area contributed by atoms with Gasteiger partial charge < -0.3 is 20.3 Å². The number of benzene rings is 2. The summed E-state index contributed by atoms with van der Waals surface area (Å²) in [6.07, 6.45) is 4.12. The molecular formula is C34H42N4O2. The molecule has 0 saturated heterocycles. The number of β-amino-alcohol motifs (C(OH)–C–C–N with tert-alkyl or cyclic N) is 1. The molecule has 1 unspecified atom stereocenters. The van der Waals surface area contributed by atoms with E-state index in [4.69, 9.17) is 0 Å². The first-order valence-electron chi connectivity index (χ1n) is 14.1. The Hall–Kier alpha value is -3.74. The highest BCUT2D eigenvalue weighted by atomic mass is 16.3. The Morgan fingerprint density at radius 1 is 0.925 bits per heavy atom. The fourth-order valence-corrected chi connectivity index (χ4v) is 5.08. The lowest BCUT2D eigenvalue weighted by atomic mass is 9.93. The van der Waals surface area contributed by atoms with Crippen molar-refractivity contribution < 1.29 is 9.90 Å². The maximum Gasteiger partial charge on any atom is 0.224 e. The van der Waals surface area contributed by atoms with E-state index in [-0.39, 0.29) is 11.4 Å². The predicted octanol–water partition coefficient (Wildman–Crippen LogP) is 5.42. The van der Waals surface area contributed by atoms with Crippen LogP contribution in [0.5, 0.6) is 0 Å². The van der Waals surface area contributed by atoms with Gasteiger partial charge in [-0.25, -0.2) is 4.98 Å². The van der Waals surface area contributed by atoms with Crippen molar-refractivity contribution in [1.82, 2.24) is 20.2 Å². The van der Waals surface area contributed by atoms with Gasteiger partial charge in [0.25, 0.3) is 0 Å². The first-order valence-corrected chi connectivity index (χ1v) is 14.1. The van der Waals surface area contributed by atoms with Crippen LogP contribution in [0.1, 0.15) is 60.0 Å². The SMILES string of the molecule is Cc1ccc(C)n1-c1ccc(C(O)CNC(C)(C)Cc2cccc(CC(=O)NCCCc3ccccc3)c2)cn1. The molecule has 40 heavy (non-hydrogen) atoms. The van der Waals surface area contributed by atoms with Crippen LogP contribution in [0.4, 0.5) is 0 Å². The molecule has 0 radical (unpaired) electrons. The van der Waals surface area contributed by atoms with E-state index in [9.17, 15) is 9.90 Å². The summed E-state index contributed by atoms with van der Waals surface area (Å²) in [7, 11) is 0. The molecule has 2 aromatic heterocycles. The molecule has 2 heterocycles. The van der Waals surface area contributed by atoms with Crippen LogP contribution in [0, 0.1) is 13.8 Å². The molecule has 210 valence electrons. The molecule has 4 aromatic rings. The normalized spacial score (nSPS) is 12.3. The monoisotopic (exact) mass is 538 g/mol. The predicted molar refractivity (Wildman–Crippen MR) is 162 cm³/mol. The van der Waals surface area contributed by atoms with Crippen molar-refractivity contribution in [3.8, 4) is 5.82 Å². The first-order chi connectivity index (χ1) is 19.2. The minimum atomic E-state index is -0.662. The Morgan fingerprint density at radius 2 is 1.62 bits per heavy atom. The molecule has 4 rings (SSSR count). The summed E-state index contributed by atoms with van der Waals surface area (Å²) >= 11 is 0. The van der Waals surface area contributed by atoms with Crippen LogP contribution in [0.15, 0.2) is 85.1 Å². The van der Waals surface area contributed by atoms with E-state index in [1.54, 1.807) is 6.20 Å². The van der Waals surface area contributed by atoms with Crippen LogP contribution in [-0.2, 0) is 24.1 Å². The molecule has 1 atom stereocenters. The lowest BCUT2D eigenvalue weighted by Gasteiger charge is -2.28. The highest BCUT2D eigenvalue weighted by Crippen LogP contribution is 2.19. The summed E-state index contributed by atoms with van der Waals surface area (Å²) in [6.45, 7) is 9.47. The number of carbonyl (C=O) groups is 1. The smallest absolute Gasteiger partial charge is 0.224 e. The largest absolute Gasteiger partial charge is 0.387 e. The first kappa shape index (κ1) is 29.2. The number of aliphatic hydroxyl groups excluding tert-OH is 1. The summed E-state index contributed by atoms with van der Waals surface area (Å²) in [5.74, 6) is 0.900. The standard InChI is InChI=1S/C34H42N4O2/c1-25-15-16-26(2)38(25)32-18-17-30(23-36-32)31(39)24-37-34(3,4)22-29-13-8-12-28(20-29)21-33(40)35-19-9-14-27-10-6-5-7-11-27/h5-8,10-13,15-18,20,23,31,37,39H,9,14,19,21-22,24H2,1-4H3,(H,35,40). The van der Waals surface area contributed by atoms with Gasteiger partial charge in [0.15, 0.2) is 0 Å². The van der Waals surface area contributed by atoms with Gasteiger partial charge in [-0.3, -0.25) is 4.79 Å². The molecule has 3 N–H and O–H groups in total. The fourth-order valence-electron chi connectivity index (χ4n) is 5.08. The molecule has 0 aliphatic rings. The molecule has 0 spiro atoms. The summed E-state index contributed by atoms with van der Waals surface area (Å²) in [5.41, 5.74) is 6.26. The van der Waals surface area contributed by atoms with Crippen molar-refractivity contribution >= 4 is 5.91 Å². The number of rotatable bonds is 13. The fraction of sp³-hybridized carbons (Fsp3) is 0.353. The third-order valence-electron chi connectivity index (χ3n) is 7.24. The van der Waals surface area contributed by atoms with Crippen molar-refractivity contribution in [3.63, 3.8) is 0 Å². The number of aromatic nitrogens is 2. The zero-order valence-corrected chi connectivity index (χ0v) is 24.2. The number of nitrogens with zero attached hydrogens (tertiary/aromatic N) is 2. The van der Waals surface area contributed by atoms with Crippen molar-refractivity contribution in [3.05, 3.63) is 119 Å². The van der Waals surface area contributed by atoms with Crippen molar-refractivity contribution in [2.45, 2.75) is 65.0 Å². The second kappa shape index (κ2) is 13.6. The summed E-state index contributed by atoms with van der Waals surface area (Å²) in [4.78, 5) is 17.1. The molecule has 0 bridgehead atoms. The zero-order valence-electron chi connectivity index (χ0n) is 24.2. The minimum Gasteiger partial charge on any atom is -0.387 e. The van der Waals surface area contributed by atoms with Gasteiger partial charge in [-0.1, -0.05) is 60.7 Å². The second-order valence-electron chi connectivity index (χ2n) is 11.3. The number of aliphatic hydroxyl groups is 1. The molecule has 0 saturated carbocycles. The van der Waals surface area contributed by atoms with Gasteiger partial charge in [0.2, 0.25) is 5.91 Å². The van der Waals surface area contributed by atoms with Gasteiger partial charge in [0.05, 0.1) is 12.5 Å². The van der Waals surface area contributed by atoms with E-state index in [2.05, 4.69) is 84.3 Å². The lowest BCUT2D eigenvalue weighted by Crippen LogP contribution is -2.43. The third-order valence-corrected chi connectivity index (χ3v) is 7.24. The Labute approximate surface area is 238 Å². The van der Waals surface area contributed by atoms with Gasteiger partial charge in [-0.2, -0.15) is 0 Å². The van der Waals surface area contributed by atoms with Crippen LogP contribution in [0.3, 0.4) is 0 Å². The van der Waals surface area contributed by atoms with Gasteiger partial charge in [0, 0.05) is 41.8 Å². The van der Waals surface area contributed by atoms with Gasteiger partial charge in [-0.05, 0) is 81.8 Å². The average molecular weight is 539 g/mol. The summed E-state index contributed by atoms with van der Waals surface area (Å²) < 4.78 is 2.10. The number of pyridine rings is 1. The highest BCUT2D eigenvalue weighted by Gasteiger charge is 2.20. The molecule has 6 nitrogen and oxygen atoms in total. The molecule has 6 heteroatoms. The third kappa shape index (κ3) is 8.38. The van der Waals surface area contributed by atoms with Crippen LogP contribution in [-0.4, -0.2) is 39.2 Å². The van der Waals surface area contributed by atoms with Gasteiger partial charge in [-0.15, -0.1) is 0 Å². The van der Waals surface area contributed by atoms with Crippen LogP contribution >= 0.6 is 0 Å². The Balaban J connectivity index is 1.24. The second-order valence-corrected chi connectivity index (χ2v) is 11.3. The van der Waals surface area contributed by atoms with Crippen molar-refractivity contribution in [1.29, 1.82) is 0 Å². The summed E-state index contributed by atoms with van der Waals surface area (Å²) in [5, 5.41) is 17.4. The molecule has 1 amide bonds. The maximum atomic E-state index is 12.5. The number of nitrogens with one attached hydrogen (secondary N) is 2. The van der Waals surface area contributed by atoms with Crippen LogP contribution < -0.4 is 10.6 Å². The van der Waals surface area contributed by atoms with Crippen molar-refractivity contribution in [2.24, 2.45) is 0 Å². The van der Waals surface area contributed by atoms with E-state index < -0.39 is 6.10 Å². The highest BCUT2D eigenvalue weighted by molar-refractivity contribution is 5.78. The average Bonchev–Trinajstić information content (AvgIpc) is 3.28. The van der Waals surface area contributed by atoms with Crippen LogP contribution in [0.25, 0.3) is 5.82 Å². The van der Waals surface area contributed by atoms with Crippen molar-refractivity contribution in [2.75, 3.05) is 13.1 Å². The maximum absolute atomic E-state index is 12.5. The van der Waals surface area contributed by atoms with Gasteiger partial charge >= 0.3 is 0 Å². The molecule has 0 aliphatic carbocycles. The molecule has 0 fully saturated rings. The summed E-state index contributed by atoms with van der Waals surface area (Å²) in [6, 6.07) is 26.6. The van der Waals surface area contributed by atoms with E-state index in [1.807, 2.05) is 42.5 Å². The zero-order chi connectivity index (χ0) is 28.5. The topological polar surface area (TPSA) is 79.2 Å². The van der Waals surface area contributed by atoms with Crippen LogP contribution in [0.2, 0.25) is 0 Å². The number of aryl methyl sites for hydroxylation is 3. The van der Waals surface area contributed by atoms with Gasteiger partial charge in [0.1, 0.15) is 5.82 Å². The number of carbonyl (C=O) groups excluding carboxylic acids is 1. The Kier molecular flexibility index (Phi) is 9.91. The number of hydrogen-bond acceptors (Lipinski definition) is 4. The molecular weight excluding hydrogens is 496 g/mol. The quantitative estimate of drug-likeness (QED) is 0.199. The van der Waals surface area contributed by atoms with E-state index >= 15 is 0 Å². The number of hydrogen-bond donors (Lipinski definition) is 3. The molecule has 2 aromatic carbocycles. The minimum absolute atomic E-state index is 0.0486. The van der Waals surface area contributed by atoms with E-state index in [1.165, 1.54) is 5.56 Å². The van der Waals surface area contributed by atoms with E-state index in [0.717, 1.165) is 53.2 Å². The Bertz CT molecular complexity index is 1360. The van der Waals surface area contributed by atoms with E-state index in [0.29, 0.717) is 19.5 Å².